The quantitative estimate of drug-likeness (QED) is 0.786. The smallest absolute Gasteiger partial charge is 0.310 e. The van der Waals surface area contributed by atoms with Crippen LogP contribution in [-0.2, 0) is 9.53 Å². The highest BCUT2D eigenvalue weighted by atomic mass is 32.2. The van der Waals surface area contributed by atoms with Crippen LogP contribution in [0.5, 0.6) is 0 Å². The van der Waals surface area contributed by atoms with Gasteiger partial charge in [-0.05, 0) is 38.1 Å². The molecule has 3 nitrogen and oxygen atoms in total. The molecule has 4 heteroatoms. The summed E-state index contributed by atoms with van der Waals surface area (Å²) in [4.78, 5) is 16.0. The molecule has 0 unspecified atom stereocenters. The van der Waals surface area contributed by atoms with E-state index in [4.69, 9.17) is 4.74 Å². The van der Waals surface area contributed by atoms with Crippen LogP contribution < -0.4 is 0 Å². The molecule has 2 bridgehead atoms. The van der Waals surface area contributed by atoms with Crippen LogP contribution in [0.3, 0.4) is 0 Å². The van der Waals surface area contributed by atoms with Gasteiger partial charge in [-0.25, -0.2) is 0 Å². The standard InChI is InChI=1S/C17H21NO2S/c1-12-15(21-14-5-3-2-4-6-14)17(20-16(12)19)11-18-9-7-13(17)8-10-18/h2-6,12-13,15H,7-11H2,1H3/t12-,15-,17+/m0/s1. The van der Waals surface area contributed by atoms with Gasteiger partial charge < -0.3 is 4.74 Å². The molecule has 1 aromatic carbocycles. The highest BCUT2D eigenvalue weighted by Gasteiger charge is 2.61. The van der Waals surface area contributed by atoms with Crippen LogP contribution in [-0.4, -0.2) is 41.4 Å². The highest BCUT2D eigenvalue weighted by molar-refractivity contribution is 8.00. The first-order chi connectivity index (χ1) is 10.2. The number of carbonyl (C=O) groups is 1. The molecule has 112 valence electrons. The summed E-state index contributed by atoms with van der Waals surface area (Å²) in [6.07, 6.45) is 2.34. The van der Waals surface area contributed by atoms with Gasteiger partial charge in [0.15, 0.2) is 0 Å². The molecule has 4 heterocycles. The van der Waals surface area contributed by atoms with E-state index in [0.717, 1.165) is 6.54 Å². The molecule has 3 atom stereocenters. The molecule has 0 saturated carbocycles. The Morgan fingerprint density at radius 1 is 1.24 bits per heavy atom. The lowest BCUT2D eigenvalue weighted by Crippen LogP contribution is -2.63. The molecule has 0 amide bonds. The zero-order chi connectivity index (χ0) is 14.4. The number of nitrogens with zero attached hydrogens (tertiary/aromatic N) is 1. The Hall–Kier alpha value is -1.00. The normalized spacial score (nSPS) is 41.5. The number of carbonyl (C=O) groups excluding carboxylic acids is 1. The second-order valence-corrected chi connectivity index (χ2v) is 7.78. The van der Waals surface area contributed by atoms with E-state index in [2.05, 4.69) is 29.2 Å². The Labute approximate surface area is 130 Å². The van der Waals surface area contributed by atoms with Crippen molar-refractivity contribution in [3.63, 3.8) is 0 Å². The van der Waals surface area contributed by atoms with Gasteiger partial charge >= 0.3 is 5.97 Å². The largest absolute Gasteiger partial charge is 0.456 e. The van der Waals surface area contributed by atoms with Crippen LogP contribution in [0, 0.1) is 11.8 Å². The van der Waals surface area contributed by atoms with Gasteiger partial charge in [-0.15, -0.1) is 11.8 Å². The number of thioether (sulfide) groups is 1. The number of piperidine rings is 3. The van der Waals surface area contributed by atoms with Crippen molar-refractivity contribution in [1.29, 1.82) is 0 Å². The minimum Gasteiger partial charge on any atom is -0.456 e. The molecule has 5 rings (SSSR count). The van der Waals surface area contributed by atoms with E-state index in [1.54, 1.807) is 0 Å². The van der Waals surface area contributed by atoms with Gasteiger partial charge in [0, 0.05) is 17.4 Å². The molecule has 4 aliphatic rings. The van der Waals surface area contributed by atoms with E-state index in [9.17, 15) is 4.79 Å². The van der Waals surface area contributed by atoms with Gasteiger partial charge in [-0.2, -0.15) is 0 Å². The summed E-state index contributed by atoms with van der Waals surface area (Å²) in [5, 5.41) is 0.237. The Kier molecular flexibility index (Phi) is 3.27. The van der Waals surface area contributed by atoms with Crippen LogP contribution in [0.2, 0.25) is 0 Å². The van der Waals surface area contributed by atoms with E-state index >= 15 is 0 Å². The molecule has 0 N–H and O–H groups in total. The Morgan fingerprint density at radius 2 is 1.95 bits per heavy atom. The second kappa shape index (κ2) is 5.03. The average molecular weight is 303 g/mol. The van der Waals surface area contributed by atoms with Crippen LogP contribution in [0.25, 0.3) is 0 Å². The van der Waals surface area contributed by atoms with E-state index < -0.39 is 0 Å². The molecule has 1 aromatic rings. The van der Waals surface area contributed by atoms with Gasteiger partial charge in [0.05, 0.1) is 11.2 Å². The predicted molar refractivity (Wildman–Crippen MR) is 83.2 cm³/mol. The molecule has 4 aliphatic heterocycles. The van der Waals surface area contributed by atoms with Crippen LogP contribution in [0.4, 0.5) is 0 Å². The summed E-state index contributed by atoms with van der Waals surface area (Å²) >= 11 is 1.84. The number of esters is 1. The van der Waals surface area contributed by atoms with E-state index in [0.29, 0.717) is 5.92 Å². The minimum absolute atomic E-state index is 0.00261. The fourth-order valence-corrected chi connectivity index (χ4v) is 5.67. The summed E-state index contributed by atoms with van der Waals surface area (Å²) in [6.45, 7) is 5.30. The lowest BCUT2D eigenvalue weighted by atomic mass is 9.72. The zero-order valence-corrected chi connectivity index (χ0v) is 13.1. The van der Waals surface area contributed by atoms with Gasteiger partial charge in [0.1, 0.15) is 5.60 Å². The van der Waals surface area contributed by atoms with Crippen molar-refractivity contribution in [3.8, 4) is 0 Å². The van der Waals surface area contributed by atoms with Crippen molar-refractivity contribution in [2.24, 2.45) is 11.8 Å². The highest BCUT2D eigenvalue weighted by Crippen LogP contribution is 2.52. The summed E-state index contributed by atoms with van der Waals surface area (Å²) in [6, 6.07) is 10.4. The van der Waals surface area contributed by atoms with E-state index in [-0.39, 0.29) is 22.7 Å². The third kappa shape index (κ3) is 2.11. The maximum atomic E-state index is 12.3. The maximum Gasteiger partial charge on any atom is 0.310 e. The van der Waals surface area contributed by atoms with E-state index in [1.165, 1.54) is 30.8 Å². The second-order valence-electron chi connectivity index (χ2n) is 6.57. The number of benzene rings is 1. The fourth-order valence-electron chi connectivity index (χ4n) is 4.23. The summed E-state index contributed by atoms with van der Waals surface area (Å²) in [5.41, 5.74) is -0.256. The van der Waals surface area contributed by atoms with Crippen molar-refractivity contribution in [3.05, 3.63) is 30.3 Å². The van der Waals surface area contributed by atoms with Crippen molar-refractivity contribution in [2.45, 2.75) is 35.5 Å². The molecular weight excluding hydrogens is 282 g/mol. The minimum atomic E-state index is -0.256. The summed E-state index contributed by atoms with van der Waals surface area (Å²) in [5.74, 6) is 0.519. The Morgan fingerprint density at radius 3 is 2.57 bits per heavy atom. The van der Waals surface area contributed by atoms with Crippen molar-refractivity contribution >= 4 is 17.7 Å². The first-order valence-corrected chi connectivity index (χ1v) is 8.74. The summed E-state index contributed by atoms with van der Waals surface area (Å²) in [7, 11) is 0. The lowest BCUT2D eigenvalue weighted by molar-refractivity contribution is -0.166. The Bertz CT molecular complexity index is 541. The Balaban J connectivity index is 1.67. The fraction of sp³-hybridized carbons (Fsp3) is 0.588. The maximum absolute atomic E-state index is 12.3. The first-order valence-electron chi connectivity index (χ1n) is 7.86. The molecule has 0 radical (unpaired) electrons. The molecule has 4 saturated heterocycles. The summed E-state index contributed by atoms with van der Waals surface area (Å²) < 4.78 is 6.02. The number of fused-ring (bicyclic) bond motifs is 2. The van der Waals surface area contributed by atoms with Gasteiger partial charge in [-0.1, -0.05) is 25.1 Å². The van der Waals surface area contributed by atoms with Crippen LogP contribution in [0.1, 0.15) is 19.8 Å². The average Bonchev–Trinajstić information content (AvgIpc) is 2.74. The molecule has 4 fully saturated rings. The van der Waals surface area contributed by atoms with Gasteiger partial charge in [-0.3, -0.25) is 9.69 Å². The number of ether oxygens (including phenoxy) is 1. The van der Waals surface area contributed by atoms with Crippen molar-refractivity contribution < 1.29 is 9.53 Å². The number of rotatable bonds is 2. The zero-order valence-electron chi connectivity index (χ0n) is 12.3. The molecule has 1 spiro atoms. The first kappa shape index (κ1) is 13.6. The van der Waals surface area contributed by atoms with Crippen molar-refractivity contribution in [2.75, 3.05) is 19.6 Å². The van der Waals surface area contributed by atoms with E-state index in [1.807, 2.05) is 24.8 Å². The molecule has 21 heavy (non-hydrogen) atoms. The SMILES string of the molecule is C[C@@H]1C(=O)O[C@@]2(CN3CCC2CC3)[C@H]1Sc1ccccc1. The third-order valence-electron chi connectivity index (χ3n) is 5.35. The molecule has 0 aromatic heterocycles. The molecule has 0 aliphatic carbocycles. The van der Waals surface area contributed by atoms with Gasteiger partial charge in [0.2, 0.25) is 0 Å². The van der Waals surface area contributed by atoms with Crippen molar-refractivity contribution in [1.82, 2.24) is 4.90 Å². The lowest BCUT2D eigenvalue weighted by Gasteiger charge is -2.52. The number of hydrogen-bond donors (Lipinski definition) is 0. The molecular formula is C17H21NO2S. The predicted octanol–water partition coefficient (Wildman–Crippen LogP) is 2.80. The van der Waals surface area contributed by atoms with Crippen LogP contribution >= 0.6 is 11.8 Å². The third-order valence-corrected chi connectivity index (χ3v) is 6.96. The number of hydrogen-bond acceptors (Lipinski definition) is 4. The topological polar surface area (TPSA) is 29.5 Å². The monoisotopic (exact) mass is 303 g/mol. The van der Waals surface area contributed by atoms with Gasteiger partial charge in [0.25, 0.3) is 0 Å². The van der Waals surface area contributed by atoms with Crippen LogP contribution in [0.15, 0.2) is 35.2 Å².